The second-order valence-electron chi connectivity index (χ2n) is 6.30. The number of aryl methyl sites for hydroxylation is 1. The van der Waals surface area contributed by atoms with Gasteiger partial charge in [0.25, 0.3) is 0 Å². The van der Waals surface area contributed by atoms with E-state index in [0.29, 0.717) is 17.3 Å². The van der Waals surface area contributed by atoms with Crippen molar-refractivity contribution in [2.75, 3.05) is 11.6 Å². The Kier molecular flexibility index (Phi) is 5.63. The molecule has 6 nitrogen and oxygen atoms in total. The quantitative estimate of drug-likeness (QED) is 0.624. The Morgan fingerprint density at radius 2 is 1.96 bits per heavy atom. The van der Waals surface area contributed by atoms with Crippen molar-refractivity contribution in [2.24, 2.45) is 10.8 Å². The topological polar surface area (TPSA) is 80.3 Å². The molecule has 0 saturated heterocycles. The highest BCUT2D eigenvalue weighted by atomic mass is 35.5. The second kappa shape index (κ2) is 8.16. The number of pyridine rings is 1. The van der Waals surface area contributed by atoms with Gasteiger partial charge in [-0.25, -0.2) is 5.01 Å². The van der Waals surface area contributed by atoms with Crippen LogP contribution in [0, 0.1) is 6.92 Å². The van der Waals surface area contributed by atoms with Gasteiger partial charge in [0.15, 0.2) is 0 Å². The molecule has 0 fully saturated rings. The lowest BCUT2D eigenvalue weighted by atomic mass is 10.0. The van der Waals surface area contributed by atoms with Crippen LogP contribution in [-0.2, 0) is 4.87 Å². The molecule has 144 valence electrons. The molecule has 0 amide bonds. The molecule has 3 heterocycles. The number of nitrogens with two attached hydrogens (primary N) is 1. The minimum atomic E-state index is -0.483. The first-order valence-electron chi connectivity index (χ1n) is 8.88. The number of hydrazone groups is 1. The number of halogens is 1. The first kappa shape index (κ1) is 19.3. The van der Waals surface area contributed by atoms with Crippen LogP contribution in [0.4, 0.5) is 5.13 Å². The molecule has 2 N–H and O–H groups in total. The van der Waals surface area contributed by atoms with Crippen LogP contribution in [0.5, 0.6) is 0 Å². The van der Waals surface area contributed by atoms with Crippen molar-refractivity contribution in [3.63, 3.8) is 0 Å². The number of anilines is 1. The van der Waals surface area contributed by atoms with Gasteiger partial charge in [0.2, 0.25) is 5.13 Å². The lowest BCUT2D eigenvalue weighted by Gasteiger charge is -2.35. The number of rotatable bonds is 6. The maximum Gasteiger partial charge on any atom is 0.230 e. The Bertz CT molecular complexity index is 993. The Morgan fingerprint density at radius 1 is 1.14 bits per heavy atom. The molecule has 0 bridgehead atoms. The van der Waals surface area contributed by atoms with Crippen molar-refractivity contribution in [1.82, 2.24) is 15.2 Å². The molecule has 0 spiro atoms. The molecule has 1 aliphatic heterocycles. The van der Waals surface area contributed by atoms with Gasteiger partial charge in [-0.2, -0.15) is 5.10 Å². The highest BCUT2D eigenvalue weighted by molar-refractivity contribution is 8.15. The highest BCUT2D eigenvalue weighted by Gasteiger charge is 2.47. The van der Waals surface area contributed by atoms with Gasteiger partial charge in [-0.1, -0.05) is 65.0 Å². The molecule has 4 rings (SSSR count). The predicted octanol–water partition coefficient (Wildman–Crippen LogP) is 4.40. The molecule has 0 saturated carbocycles. The molecular formula is C19H19ClN6S2. The van der Waals surface area contributed by atoms with E-state index in [0.717, 1.165) is 33.6 Å². The lowest BCUT2D eigenvalue weighted by molar-refractivity contribution is 0.525. The van der Waals surface area contributed by atoms with E-state index in [1.165, 1.54) is 11.3 Å². The van der Waals surface area contributed by atoms with Gasteiger partial charge in [-0.05, 0) is 44.0 Å². The summed E-state index contributed by atoms with van der Waals surface area (Å²) in [4.78, 5) is 3.98. The third-order valence-electron chi connectivity index (χ3n) is 4.40. The van der Waals surface area contributed by atoms with Crippen LogP contribution in [0.3, 0.4) is 0 Å². The normalized spacial score (nSPS) is 19.1. The summed E-state index contributed by atoms with van der Waals surface area (Å²) in [5.41, 5.74) is 7.68. The third kappa shape index (κ3) is 3.53. The standard InChI is InChI=1S/C19H19ClN6S2/c1-13-23-24-18(27-13)26-19(10-6-11-21,14-7-3-2-4-8-14)28-17(25-26)16-15(20)9-5-12-22-16/h2-5,7-9,12H,6,10-11,21H2,1H3. The summed E-state index contributed by atoms with van der Waals surface area (Å²) in [6.45, 7) is 2.53. The molecule has 9 heteroatoms. The molecule has 1 aliphatic rings. The van der Waals surface area contributed by atoms with E-state index in [1.54, 1.807) is 18.0 Å². The Morgan fingerprint density at radius 3 is 2.64 bits per heavy atom. The molecule has 0 radical (unpaired) electrons. The van der Waals surface area contributed by atoms with Gasteiger partial charge in [0, 0.05) is 6.20 Å². The molecule has 3 aromatic rings. The zero-order valence-corrected chi connectivity index (χ0v) is 17.6. The predicted molar refractivity (Wildman–Crippen MR) is 117 cm³/mol. The molecule has 1 atom stereocenters. The number of aromatic nitrogens is 3. The number of hydrogen-bond donors (Lipinski definition) is 1. The molecule has 28 heavy (non-hydrogen) atoms. The van der Waals surface area contributed by atoms with Crippen LogP contribution < -0.4 is 10.7 Å². The highest BCUT2D eigenvalue weighted by Crippen LogP contribution is 2.52. The number of hydrogen-bond acceptors (Lipinski definition) is 8. The molecular weight excluding hydrogens is 412 g/mol. The Labute approximate surface area is 176 Å². The van der Waals surface area contributed by atoms with Crippen LogP contribution in [0.15, 0.2) is 53.8 Å². The monoisotopic (exact) mass is 430 g/mol. The maximum atomic E-state index is 6.43. The van der Waals surface area contributed by atoms with Crippen molar-refractivity contribution in [3.05, 3.63) is 69.9 Å². The molecule has 1 unspecified atom stereocenters. The molecule has 0 aliphatic carbocycles. The fourth-order valence-corrected chi connectivity index (χ4v) is 5.58. The first-order valence-corrected chi connectivity index (χ1v) is 10.9. The summed E-state index contributed by atoms with van der Waals surface area (Å²) in [5.74, 6) is 0. The van der Waals surface area contributed by atoms with E-state index in [1.807, 2.05) is 42.3 Å². The first-order chi connectivity index (χ1) is 13.6. The average Bonchev–Trinajstić information content (AvgIpc) is 3.32. The van der Waals surface area contributed by atoms with Gasteiger partial charge in [-0.15, -0.1) is 10.2 Å². The average molecular weight is 431 g/mol. The summed E-state index contributed by atoms with van der Waals surface area (Å²) in [6, 6.07) is 14.0. The van der Waals surface area contributed by atoms with E-state index in [4.69, 9.17) is 22.4 Å². The zero-order valence-electron chi connectivity index (χ0n) is 15.2. The summed E-state index contributed by atoms with van der Waals surface area (Å²) in [7, 11) is 0. The van der Waals surface area contributed by atoms with Crippen molar-refractivity contribution in [3.8, 4) is 0 Å². The minimum absolute atomic E-state index is 0.483. The van der Waals surface area contributed by atoms with E-state index in [9.17, 15) is 0 Å². The fourth-order valence-electron chi connectivity index (χ4n) is 3.13. The van der Waals surface area contributed by atoms with E-state index in [2.05, 4.69) is 27.3 Å². The van der Waals surface area contributed by atoms with Crippen LogP contribution in [-0.4, -0.2) is 26.8 Å². The summed E-state index contributed by atoms with van der Waals surface area (Å²) < 4.78 is 0. The second-order valence-corrected chi connectivity index (χ2v) is 9.13. The van der Waals surface area contributed by atoms with Crippen LogP contribution in [0.1, 0.15) is 29.1 Å². The van der Waals surface area contributed by atoms with E-state index < -0.39 is 4.87 Å². The van der Waals surface area contributed by atoms with Crippen molar-refractivity contribution < 1.29 is 0 Å². The van der Waals surface area contributed by atoms with Crippen LogP contribution in [0.25, 0.3) is 0 Å². The van der Waals surface area contributed by atoms with Crippen molar-refractivity contribution in [2.45, 2.75) is 24.6 Å². The van der Waals surface area contributed by atoms with Crippen molar-refractivity contribution in [1.29, 1.82) is 0 Å². The van der Waals surface area contributed by atoms with Gasteiger partial charge < -0.3 is 5.73 Å². The van der Waals surface area contributed by atoms with E-state index in [-0.39, 0.29) is 0 Å². The van der Waals surface area contributed by atoms with Gasteiger partial charge >= 0.3 is 0 Å². The number of benzene rings is 1. The summed E-state index contributed by atoms with van der Waals surface area (Å²) >= 11 is 9.58. The maximum absolute atomic E-state index is 6.43. The lowest BCUT2D eigenvalue weighted by Crippen LogP contribution is -2.38. The fraction of sp³-hybridized carbons (Fsp3) is 0.263. The number of nitrogens with zero attached hydrogens (tertiary/aromatic N) is 5. The van der Waals surface area contributed by atoms with Gasteiger partial charge in [-0.3, -0.25) is 4.98 Å². The van der Waals surface area contributed by atoms with Crippen molar-refractivity contribution >= 4 is 44.9 Å². The Balaban J connectivity index is 1.87. The minimum Gasteiger partial charge on any atom is -0.330 e. The smallest absolute Gasteiger partial charge is 0.230 e. The summed E-state index contributed by atoms with van der Waals surface area (Å²) in [5, 5.41) is 18.4. The third-order valence-corrected chi connectivity index (χ3v) is 6.94. The SMILES string of the molecule is Cc1nnc(N2N=C(c3ncccc3Cl)SC2(CCCN)c2ccccc2)s1. The largest absolute Gasteiger partial charge is 0.330 e. The van der Waals surface area contributed by atoms with Crippen LogP contribution in [0.2, 0.25) is 5.02 Å². The Hall–Kier alpha value is -2.00. The van der Waals surface area contributed by atoms with Gasteiger partial charge in [0.05, 0.1) is 5.02 Å². The zero-order chi connectivity index (χ0) is 19.6. The van der Waals surface area contributed by atoms with Gasteiger partial charge in [0.1, 0.15) is 20.6 Å². The molecule has 2 aromatic heterocycles. The van der Waals surface area contributed by atoms with E-state index >= 15 is 0 Å². The summed E-state index contributed by atoms with van der Waals surface area (Å²) in [6.07, 6.45) is 3.37. The van der Waals surface area contributed by atoms with Crippen LogP contribution >= 0.6 is 34.7 Å². The number of thioether (sulfide) groups is 1. The molecule has 1 aromatic carbocycles.